The highest BCUT2D eigenvalue weighted by Crippen LogP contribution is 2.49. The zero-order valence-corrected chi connectivity index (χ0v) is 17.6. The summed E-state index contributed by atoms with van der Waals surface area (Å²) >= 11 is 0. The predicted molar refractivity (Wildman–Crippen MR) is 110 cm³/mol. The molecule has 2 aromatic rings. The normalized spacial score (nSPS) is 21.5. The number of piperidine rings is 1. The minimum atomic E-state index is -0.541. The Morgan fingerprint density at radius 1 is 1.29 bits per heavy atom. The maximum atomic E-state index is 14.2. The van der Waals surface area contributed by atoms with Crippen molar-refractivity contribution in [3.63, 3.8) is 0 Å². The quantitative estimate of drug-likeness (QED) is 0.628. The number of carbonyl (C=O) groups excluding carboxylic acids is 2. The minimum Gasteiger partial charge on any atom is -0.469 e. The van der Waals surface area contributed by atoms with Crippen LogP contribution in [0.1, 0.15) is 12.8 Å². The first kappa shape index (κ1) is 21.0. The number of rotatable bonds is 6. The maximum Gasteiger partial charge on any atom is 0.306 e. The number of carbonyl (C=O) groups is 2. The maximum absolute atomic E-state index is 14.2. The second-order valence-electron chi connectivity index (χ2n) is 8.00. The lowest BCUT2D eigenvalue weighted by atomic mass is 10.2. The summed E-state index contributed by atoms with van der Waals surface area (Å²) in [5.74, 6) is -0.00830. The van der Waals surface area contributed by atoms with Crippen LogP contribution >= 0.6 is 0 Å². The van der Waals surface area contributed by atoms with Gasteiger partial charge in [0, 0.05) is 69.3 Å². The topological polar surface area (TPSA) is 97.6 Å². The fourth-order valence-electron chi connectivity index (χ4n) is 4.44. The molecule has 1 aliphatic heterocycles. The summed E-state index contributed by atoms with van der Waals surface area (Å²) in [6.45, 7) is 1.21. The van der Waals surface area contributed by atoms with E-state index in [9.17, 15) is 18.8 Å². The molecule has 2 fully saturated rings. The zero-order chi connectivity index (χ0) is 22.3. The van der Waals surface area contributed by atoms with Crippen molar-refractivity contribution in [2.75, 3.05) is 32.1 Å². The second-order valence-corrected chi connectivity index (χ2v) is 8.00. The lowest BCUT2D eigenvalue weighted by molar-refractivity contribution is -0.143. The Morgan fingerprint density at radius 3 is 2.65 bits per heavy atom. The standard InChI is InChI=1S/C21H24FN5O4/c1-25-18(29)8-16(12-6-7-23-9-15(12)22)24-21(25)26(2)20-13-10-27(11-14(13)20)17(28)4-5-19(30)31-3/h6-9,13-14,20H,4-5,10-11H2,1-3H3/t13-,14+,20+. The van der Waals surface area contributed by atoms with Crippen LogP contribution in [0.15, 0.2) is 29.3 Å². The molecule has 1 amide bonds. The number of aromatic nitrogens is 3. The molecular weight excluding hydrogens is 405 g/mol. The van der Waals surface area contributed by atoms with Gasteiger partial charge in [0.05, 0.1) is 25.4 Å². The highest BCUT2D eigenvalue weighted by molar-refractivity contribution is 5.81. The number of halogens is 1. The number of anilines is 1. The summed E-state index contributed by atoms with van der Waals surface area (Å²) in [6.07, 6.45) is 2.77. The first-order valence-corrected chi connectivity index (χ1v) is 10.1. The number of methoxy groups -OCH3 is 1. The number of fused-ring (bicyclic) bond motifs is 1. The molecule has 1 saturated carbocycles. The molecule has 31 heavy (non-hydrogen) atoms. The molecule has 2 aliphatic rings. The van der Waals surface area contributed by atoms with Crippen molar-refractivity contribution >= 4 is 17.8 Å². The Kier molecular flexibility index (Phi) is 5.47. The molecule has 3 heterocycles. The van der Waals surface area contributed by atoms with E-state index in [0.29, 0.717) is 19.0 Å². The van der Waals surface area contributed by atoms with Gasteiger partial charge >= 0.3 is 5.97 Å². The third kappa shape index (κ3) is 3.89. The van der Waals surface area contributed by atoms with Crippen molar-refractivity contribution in [2.24, 2.45) is 18.9 Å². The second kappa shape index (κ2) is 8.09. The molecule has 0 N–H and O–H groups in total. The minimum absolute atomic E-state index is 0.0558. The van der Waals surface area contributed by atoms with Gasteiger partial charge in [0.1, 0.15) is 0 Å². The summed E-state index contributed by atoms with van der Waals surface area (Å²) in [5.41, 5.74) is 0.199. The number of ether oxygens (including phenoxy) is 1. The molecule has 3 atom stereocenters. The molecule has 0 bridgehead atoms. The smallest absolute Gasteiger partial charge is 0.306 e. The van der Waals surface area contributed by atoms with E-state index < -0.39 is 11.8 Å². The van der Waals surface area contributed by atoms with E-state index >= 15 is 0 Å². The molecule has 4 rings (SSSR count). The van der Waals surface area contributed by atoms with Crippen LogP contribution in [0.25, 0.3) is 11.3 Å². The number of likely N-dealkylation sites (tertiary alicyclic amines) is 1. The van der Waals surface area contributed by atoms with Gasteiger partial charge in [-0.3, -0.25) is 23.9 Å². The van der Waals surface area contributed by atoms with Gasteiger partial charge in [0.15, 0.2) is 5.82 Å². The lowest BCUT2D eigenvalue weighted by Gasteiger charge is -2.26. The van der Waals surface area contributed by atoms with Crippen molar-refractivity contribution in [1.29, 1.82) is 0 Å². The van der Waals surface area contributed by atoms with Crippen LogP contribution in [0.2, 0.25) is 0 Å². The van der Waals surface area contributed by atoms with Crippen LogP contribution < -0.4 is 10.5 Å². The van der Waals surface area contributed by atoms with E-state index in [2.05, 4.69) is 14.7 Å². The van der Waals surface area contributed by atoms with Crippen molar-refractivity contribution in [1.82, 2.24) is 19.4 Å². The Morgan fingerprint density at radius 2 is 2.00 bits per heavy atom. The summed E-state index contributed by atoms with van der Waals surface area (Å²) in [6, 6.07) is 2.94. The first-order chi connectivity index (χ1) is 14.8. The van der Waals surface area contributed by atoms with Crippen LogP contribution in [0.5, 0.6) is 0 Å². The molecule has 1 aliphatic carbocycles. The fourth-order valence-corrected chi connectivity index (χ4v) is 4.44. The van der Waals surface area contributed by atoms with Crippen LogP contribution in [0, 0.1) is 17.7 Å². The number of pyridine rings is 1. The molecule has 0 aromatic carbocycles. The molecule has 1 saturated heterocycles. The highest BCUT2D eigenvalue weighted by atomic mass is 19.1. The summed E-state index contributed by atoms with van der Waals surface area (Å²) < 4.78 is 20.2. The van der Waals surface area contributed by atoms with E-state index in [1.165, 1.54) is 30.0 Å². The van der Waals surface area contributed by atoms with Crippen LogP contribution in [-0.2, 0) is 21.4 Å². The van der Waals surface area contributed by atoms with Gasteiger partial charge in [0.2, 0.25) is 11.9 Å². The molecule has 164 valence electrons. The molecule has 10 heteroatoms. The van der Waals surface area contributed by atoms with E-state index in [0.717, 1.165) is 6.20 Å². The van der Waals surface area contributed by atoms with Gasteiger partial charge in [-0.05, 0) is 6.07 Å². The van der Waals surface area contributed by atoms with Crippen molar-refractivity contribution < 1.29 is 18.7 Å². The van der Waals surface area contributed by atoms with Crippen molar-refractivity contribution in [3.05, 3.63) is 40.7 Å². The van der Waals surface area contributed by atoms with Crippen molar-refractivity contribution in [3.8, 4) is 11.3 Å². The third-order valence-electron chi connectivity index (χ3n) is 6.19. The average Bonchev–Trinajstić information content (AvgIpc) is 3.26. The number of amides is 1. The van der Waals surface area contributed by atoms with E-state index in [1.54, 1.807) is 11.9 Å². The fraction of sp³-hybridized carbons (Fsp3) is 0.476. The Bertz CT molecular complexity index is 1080. The van der Waals surface area contributed by atoms with Gasteiger partial charge < -0.3 is 14.5 Å². The van der Waals surface area contributed by atoms with Gasteiger partial charge in [-0.1, -0.05) is 0 Å². The van der Waals surface area contributed by atoms with Crippen LogP contribution in [-0.4, -0.2) is 64.6 Å². The summed E-state index contributed by atoms with van der Waals surface area (Å²) in [7, 11) is 4.80. The van der Waals surface area contributed by atoms with Crippen LogP contribution in [0.3, 0.4) is 0 Å². The SMILES string of the molecule is COC(=O)CCC(=O)N1C[C@@H]2[C@H](C1)[C@H]2N(C)c1nc(-c2ccncc2F)cc(=O)n1C. The Labute approximate surface area is 178 Å². The van der Waals surface area contributed by atoms with Gasteiger partial charge in [-0.2, -0.15) is 0 Å². The monoisotopic (exact) mass is 429 g/mol. The predicted octanol–water partition coefficient (Wildman–Crippen LogP) is 0.828. The number of esters is 1. The molecule has 0 spiro atoms. The number of hydrogen-bond acceptors (Lipinski definition) is 7. The summed E-state index contributed by atoms with van der Waals surface area (Å²) in [5, 5.41) is 0. The van der Waals surface area contributed by atoms with Gasteiger partial charge in [-0.25, -0.2) is 9.37 Å². The number of nitrogens with zero attached hydrogens (tertiary/aromatic N) is 5. The molecule has 0 radical (unpaired) electrons. The Balaban J connectivity index is 1.47. The molecule has 0 unspecified atom stereocenters. The largest absolute Gasteiger partial charge is 0.469 e. The lowest BCUT2D eigenvalue weighted by Crippen LogP contribution is -2.38. The Hall–Kier alpha value is -3.30. The highest BCUT2D eigenvalue weighted by Gasteiger charge is 2.59. The summed E-state index contributed by atoms with van der Waals surface area (Å²) in [4.78, 5) is 48.1. The van der Waals surface area contributed by atoms with E-state index in [1.807, 2.05) is 11.9 Å². The van der Waals surface area contributed by atoms with E-state index in [4.69, 9.17) is 0 Å². The zero-order valence-electron chi connectivity index (χ0n) is 17.6. The first-order valence-electron chi connectivity index (χ1n) is 10.1. The van der Waals surface area contributed by atoms with E-state index in [-0.39, 0.29) is 53.4 Å². The molecular formula is C21H24FN5O4. The van der Waals surface area contributed by atoms with Gasteiger partial charge in [0.25, 0.3) is 5.56 Å². The van der Waals surface area contributed by atoms with Gasteiger partial charge in [-0.15, -0.1) is 0 Å². The molecule has 2 aromatic heterocycles. The van der Waals surface area contributed by atoms with Crippen molar-refractivity contribution in [2.45, 2.75) is 18.9 Å². The van der Waals surface area contributed by atoms with Crippen LogP contribution in [0.4, 0.5) is 10.3 Å². The number of hydrogen-bond donors (Lipinski definition) is 0. The third-order valence-corrected chi connectivity index (χ3v) is 6.19. The average molecular weight is 429 g/mol. The molecule has 9 nitrogen and oxygen atoms in total.